The van der Waals surface area contributed by atoms with Crippen molar-refractivity contribution >= 4 is 23.2 Å². The van der Waals surface area contributed by atoms with Crippen LogP contribution in [0.1, 0.15) is 40.7 Å². The molecular formula is C16H17ClN2O2. The van der Waals surface area contributed by atoms with Crippen molar-refractivity contribution < 1.29 is 9.32 Å². The van der Waals surface area contributed by atoms with E-state index >= 15 is 0 Å². The molecule has 1 amide bonds. The largest absolute Gasteiger partial charge is 0.360 e. The highest BCUT2D eigenvalue weighted by Crippen LogP contribution is 2.29. The minimum Gasteiger partial charge on any atom is -0.360 e. The number of anilines is 1. The second-order valence-corrected chi connectivity index (χ2v) is 6.05. The summed E-state index contributed by atoms with van der Waals surface area (Å²) >= 11 is 6.07. The molecule has 0 bridgehead atoms. The van der Waals surface area contributed by atoms with Crippen molar-refractivity contribution in [1.29, 1.82) is 0 Å². The van der Waals surface area contributed by atoms with Gasteiger partial charge in [0.1, 0.15) is 5.76 Å². The number of aromatic nitrogens is 1. The van der Waals surface area contributed by atoms with Crippen molar-refractivity contribution in [3.8, 4) is 0 Å². The predicted octanol–water partition coefficient (Wildman–Crippen LogP) is 4.01. The van der Waals surface area contributed by atoms with Gasteiger partial charge in [0.25, 0.3) is 5.91 Å². The van der Waals surface area contributed by atoms with Crippen LogP contribution in [-0.4, -0.2) is 11.1 Å². The van der Waals surface area contributed by atoms with Crippen LogP contribution in [0.2, 0.25) is 5.02 Å². The number of nitrogens with zero attached hydrogens (tertiary/aromatic N) is 1. The van der Waals surface area contributed by atoms with Crippen LogP contribution in [-0.2, 0) is 12.8 Å². The van der Waals surface area contributed by atoms with Crippen LogP contribution in [0, 0.1) is 12.8 Å². The Labute approximate surface area is 128 Å². The van der Waals surface area contributed by atoms with Gasteiger partial charge in [0.05, 0.1) is 0 Å². The quantitative estimate of drug-likeness (QED) is 0.912. The monoisotopic (exact) mass is 304 g/mol. The van der Waals surface area contributed by atoms with Gasteiger partial charge < -0.3 is 9.84 Å². The minimum absolute atomic E-state index is 0.237. The summed E-state index contributed by atoms with van der Waals surface area (Å²) in [6.07, 6.45) is 2.78. The molecule has 1 aromatic heterocycles. The number of rotatable bonds is 2. The van der Waals surface area contributed by atoms with E-state index in [-0.39, 0.29) is 5.91 Å². The number of aryl methyl sites for hydroxylation is 1. The lowest BCUT2D eigenvalue weighted by Crippen LogP contribution is -2.18. The van der Waals surface area contributed by atoms with Crippen molar-refractivity contribution in [2.24, 2.45) is 5.92 Å². The third kappa shape index (κ3) is 2.68. The molecule has 21 heavy (non-hydrogen) atoms. The molecule has 3 rings (SSSR count). The van der Waals surface area contributed by atoms with Gasteiger partial charge in [0.15, 0.2) is 5.69 Å². The van der Waals surface area contributed by atoms with E-state index in [4.69, 9.17) is 16.1 Å². The number of halogens is 1. The lowest BCUT2D eigenvalue weighted by Gasteiger charge is -2.16. The molecule has 5 heteroatoms. The molecule has 2 aromatic rings. The van der Waals surface area contributed by atoms with E-state index in [0.29, 0.717) is 22.3 Å². The van der Waals surface area contributed by atoms with E-state index in [9.17, 15) is 4.79 Å². The molecule has 0 fully saturated rings. The lowest BCUT2D eigenvalue weighted by molar-refractivity contribution is 0.101. The molecule has 1 N–H and O–H groups in total. The van der Waals surface area contributed by atoms with Gasteiger partial charge in [0.2, 0.25) is 0 Å². The fraction of sp³-hybridized carbons (Fsp3) is 0.375. The average molecular weight is 305 g/mol. The van der Waals surface area contributed by atoms with Gasteiger partial charge in [0, 0.05) is 22.7 Å². The average Bonchev–Trinajstić information content (AvgIpc) is 2.87. The molecule has 1 heterocycles. The van der Waals surface area contributed by atoms with Gasteiger partial charge >= 0.3 is 0 Å². The van der Waals surface area contributed by atoms with Gasteiger partial charge in [-0.3, -0.25) is 4.79 Å². The Balaban J connectivity index is 1.87. The highest BCUT2D eigenvalue weighted by Gasteiger charge is 2.27. The summed E-state index contributed by atoms with van der Waals surface area (Å²) in [5.41, 5.74) is 2.90. The van der Waals surface area contributed by atoms with Crippen molar-refractivity contribution in [3.63, 3.8) is 0 Å². The van der Waals surface area contributed by atoms with Crippen molar-refractivity contribution in [1.82, 2.24) is 5.16 Å². The SMILES string of the molecule is Cc1c(Cl)cccc1NC(=O)c1noc2c1C[C@@H](C)CC2. The number of nitrogens with one attached hydrogen (secondary N) is 1. The molecule has 1 atom stereocenters. The Kier molecular flexibility index (Phi) is 3.72. The maximum atomic E-state index is 12.4. The molecule has 110 valence electrons. The zero-order chi connectivity index (χ0) is 15.0. The highest BCUT2D eigenvalue weighted by molar-refractivity contribution is 6.31. The van der Waals surface area contributed by atoms with Crippen molar-refractivity contribution in [2.45, 2.75) is 33.1 Å². The topological polar surface area (TPSA) is 55.1 Å². The van der Waals surface area contributed by atoms with E-state index in [1.165, 1.54) is 0 Å². The van der Waals surface area contributed by atoms with Gasteiger partial charge in [-0.05, 0) is 43.4 Å². The number of carbonyl (C=O) groups excluding carboxylic acids is 1. The van der Waals surface area contributed by atoms with E-state index in [1.807, 2.05) is 19.1 Å². The molecule has 1 aromatic carbocycles. The van der Waals surface area contributed by atoms with Crippen LogP contribution >= 0.6 is 11.6 Å². The molecule has 0 radical (unpaired) electrons. The van der Waals surface area contributed by atoms with Crippen molar-refractivity contribution in [2.75, 3.05) is 5.32 Å². The highest BCUT2D eigenvalue weighted by atomic mass is 35.5. The number of carbonyl (C=O) groups is 1. The Morgan fingerprint density at radius 3 is 3.10 bits per heavy atom. The lowest BCUT2D eigenvalue weighted by atomic mass is 9.88. The van der Waals surface area contributed by atoms with Crippen LogP contribution < -0.4 is 5.32 Å². The summed E-state index contributed by atoms with van der Waals surface area (Å²) < 4.78 is 5.31. The zero-order valence-corrected chi connectivity index (χ0v) is 12.8. The van der Waals surface area contributed by atoms with Gasteiger partial charge in [-0.1, -0.05) is 29.7 Å². The number of hydrogen-bond acceptors (Lipinski definition) is 3. The molecule has 1 aliphatic carbocycles. The van der Waals surface area contributed by atoms with Crippen molar-refractivity contribution in [3.05, 3.63) is 45.8 Å². The van der Waals surface area contributed by atoms with Crippen LogP contribution in [0.15, 0.2) is 22.7 Å². The van der Waals surface area contributed by atoms with Gasteiger partial charge in [-0.2, -0.15) is 0 Å². The third-order valence-electron chi connectivity index (χ3n) is 4.02. The van der Waals surface area contributed by atoms with Crippen LogP contribution in [0.5, 0.6) is 0 Å². The number of amides is 1. The molecular weight excluding hydrogens is 288 g/mol. The van der Waals surface area contributed by atoms with Gasteiger partial charge in [-0.15, -0.1) is 0 Å². The minimum atomic E-state index is -0.237. The van der Waals surface area contributed by atoms with Gasteiger partial charge in [-0.25, -0.2) is 0 Å². The van der Waals surface area contributed by atoms with Crippen LogP contribution in [0.25, 0.3) is 0 Å². The summed E-state index contributed by atoms with van der Waals surface area (Å²) in [4.78, 5) is 12.4. The molecule has 0 spiro atoms. The Hall–Kier alpha value is -1.81. The Morgan fingerprint density at radius 1 is 1.48 bits per heavy atom. The number of hydrogen-bond donors (Lipinski definition) is 1. The number of fused-ring (bicyclic) bond motifs is 1. The fourth-order valence-corrected chi connectivity index (χ4v) is 2.86. The first kappa shape index (κ1) is 14.1. The fourth-order valence-electron chi connectivity index (χ4n) is 2.68. The summed E-state index contributed by atoms with van der Waals surface area (Å²) in [6, 6.07) is 5.44. The number of benzene rings is 1. The summed E-state index contributed by atoms with van der Waals surface area (Å²) in [7, 11) is 0. The second-order valence-electron chi connectivity index (χ2n) is 5.65. The molecule has 0 aliphatic heterocycles. The van der Waals surface area contributed by atoms with E-state index in [1.54, 1.807) is 6.07 Å². The first-order valence-corrected chi connectivity index (χ1v) is 7.48. The Morgan fingerprint density at radius 2 is 2.29 bits per heavy atom. The maximum absolute atomic E-state index is 12.4. The summed E-state index contributed by atoms with van der Waals surface area (Å²) in [5, 5.41) is 7.46. The van der Waals surface area contributed by atoms with E-state index < -0.39 is 0 Å². The predicted molar refractivity (Wildman–Crippen MR) is 81.8 cm³/mol. The van der Waals surface area contributed by atoms with Crippen LogP contribution in [0.3, 0.4) is 0 Å². The standard InChI is InChI=1S/C16H17ClN2O2/c1-9-6-7-14-11(8-9)15(19-21-14)16(20)18-13-5-3-4-12(17)10(13)2/h3-5,9H,6-8H2,1-2H3,(H,18,20)/t9-/m0/s1. The molecule has 4 nitrogen and oxygen atoms in total. The zero-order valence-electron chi connectivity index (χ0n) is 12.1. The van der Waals surface area contributed by atoms with E-state index in [2.05, 4.69) is 17.4 Å². The van der Waals surface area contributed by atoms with Crippen LogP contribution in [0.4, 0.5) is 5.69 Å². The molecule has 0 unspecified atom stereocenters. The molecule has 0 saturated heterocycles. The summed E-state index contributed by atoms with van der Waals surface area (Å²) in [6.45, 7) is 4.05. The molecule has 0 saturated carbocycles. The van der Waals surface area contributed by atoms with E-state index in [0.717, 1.165) is 36.1 Å². The first-order chi connectivity index (χ1) is 10.1. The first-order valence-electron chi connectivity index (χ1n) is 7.10. The Bertz CT molecular complexity index is 694. The second kappa shape index (κ2) is 5.53. The maximum Gasteiger partial charge on any atom is 0.278 e. The smallest absolute Gasteiger partial charge is 0.278 e. The molecule has 1 aliphatic rings. The normalized spacial score (nSPS) is 17.4. The third-order valence-corrected chi connectivity index (χ3v) is 4.43. The summed E-state index contributed by atoms with van der Waals surface area (Å²) in [5.74, 6) is 1.16.